The minimum atomic E-state index is -0.559. The number of nitrogens with one attached hydrogen (secondary N) is 1. The van der Waals surface area contributed by atoms with Crippen LogP contribution in [0.3, 0.4) is 0 Å². The van der Waals surface area contributed by atoms with E-state index in [0.29, 0.717) is 23.1 Å². The highest BCUT2D eigenvalue weighted by Crippen LogP contribution is 2.21. The van der Waals surface area contributed by atoms with Gasteiger partial charge in [0.15, 0.2) is 18.2 Å². The SMILES string of the molecule is CCCN(CC(=O)Nc1ccccc1C)C(=O)COc1ccc(Br)cc1F. The van der Waals surface area contributed by atoms with E-state index in [2.05, 4.69) is 21.2 Å². The van der Waals surface area contributed by atoms with E-state index >= 15 is 0 Å². The topological polar surface area (TPSA) is 58.6 Å². The lowest BCUT2D eigenvalue weighted by molar-refractivity contribution is -0.136. The van der Waals surface area contributed by atoms with Gasteiger partial charge in [0.25, 0.3) is 5.91 Å². The van der Waals surface area contributed by atoms with Crippen molar-refractivity contribution in [3.63, 3.8) is 0 Å². The highest BCUT2D eigenvalue weighted by Gasteiger charge is 2.18. The van der Waals surface area contributed by atoms with Crippen LogP contribution in [-0.2, 0) is 9.59 Å². The van der Waals surface area contributed by atoms with Crippen molar-refractivity contribution >= 4 is 33.4 Å². The van der Waals surface area contributed by atoms with E-state index in [4.69, 9.17) is 4.74 Å². The summed E-state index contributed by atoms with van der Waals surface area (Å²) in [6.45, 7) is 3.79. The van der Waals surface area contributed by atoms with Gasteiger partial charge in [-0.15, -0.1) is 0 Å². The zero-order chi connectivity index (χ0) is 19.8. The number of anilines is 1. The smallest absolute Gasteiger partial charge is 0.260 e. The van der Waals surface area contributed by atoms with Crippen LogP contribution < -0.4 is 10.1 Å². The Bertz CT molecular complexity index is 814. The van der Waals surface area contributed by atoms with Crippen LogP contribution in [0.2, 0.25) is 0 Å². The Hall–Kier alpha value is -2.41. The monoisotopic (exact) mass is 436 g/mol. The Morgan fingerprint density at radius 2 is 1.96 bits per heavy atom. The van der Waals surface area contributed by atoms with E-state index in [9.17, 15) is 14.0 Å². The summed E-state index contributed by atoms with van der Waals surface area (Å²) in [5.74, 6) is -1.23. The molecule has 2 rings (SSSR count). The normalized spacial score (nSPS) is 10.4. The lowest BCUT2D eigenvalue weighted by atomic mass is 10.2. The quantitative estimate of drug-likeness (QED) is 0.675. The van der Waals surface area contributed by atoms with Crippen LogP contribution in [0.1, 0.15) is 18.9 Å². The van der Waals surface area contributed by atoms with E-state index in [1.807, 2.05) is 32.0 Å². The maximum atomic E-state index is 13.8. The molecular weight excluding hydrogens is 415 g/mol. The number of nitrogens with zero attached hydrogens (tertiary/aromatic N) is 1. The number of carbonyl (C=O) groups is 2. The first kappa shape index (κ1) is 20.9. The van der Waals surface area contributed by atoms with Gasteiger partial charge in [0, 0.05) is 16.7 Å². The number of carbonyl (C=O) groups excluding carboxylic acids is 2. The lowest BCUT2D eigenvalue weighted by Gasteiger charge is -2.22. The van der Waals surface area contributed by atoms with E-state index in [-0.39, 0.29) is 30.7 Å². The average Bonchev–Trinajstić information content (AvgIpc) is 2.62. The maximum absolute atomic E-state index is 13.8. The van der Waals surface area contributed by atoms with Gasteiger partial charge in [-0.05, 0) is 43.2 Å². The molecule has 0 aliphatic carbocycles. The van der Waals surface area contributed by atoms with Gasteiger partial charge in [-0.2, -0.15) is 0 Å². The summed E-state index contributed by atoms with van der Waals surface area (Å²) in [6.07, 6.45) is 0.691. The standard InChI is InChI=1S/C20H22BrFN2O3/c1-3-10-24(12-19(25)23-17-7-5-4-6-14(17)2)20(26)13-27-18-9-8-15(21)11-16(18)22/h4-9,11H,3,10,12-13H2,1-2H3,(H,23,25). The van der Waals surface area contributed by atoms with Crippen LogP contribution in [0, 0.1) is 12.7 Å². The van der Waals surface area contributed by atoms with Crippen molar-refractivity contribution in [1.82, 2.24) is 4.90 Å². The second kappa shape index (κ2) is 10.1. The predicted molar refractivity (Wildman–Crippen MR) is 106 cm³/mol. The Labute approximate surface area is 166 Å². The summed E-state index contributed by atoms with van der Waals surface area (Å²) in [6, 6.07) is 11.8. The molecule has 0 aliphatic heterocycles. The van der Waals surface area contributed by atoms with Crippen molar-refractivity contribution in [1.29, 1.82) is 0 Å². The van der Waals surface area contributed by atoms with E-state index in [0.717, 1.165) is 5.56 Å². The molecule has 144 valence electrons. The van der Waals surface area contributed by atoms with Crippen LogP contribution in [-0.4, -0.2) is 36.4 Å². The molecule has 0 saturated heterocycles. The summed E-state index contributed by atoms with van der Waals surface area (Å²) in [5.41, 5.74) is 1.65. The molecule has 0 spiro atoms. The van der Waals surface area contributed by atoms with Gasteiger partial charge in [-0.25, -0.2) is 4.39 Å². The number of aryl methyl sites for hydroxylation is 1. The minimum Gasteiger partial charge on any atom is -0.481 e. The summed E-state index contributed by atoms with van der Waals surface area (Å²) < 4.78 is 19.7. The third-order valence-corrected chi connectivity index (χ3v) is 4.34. The minimum absolute atomic E-state index is 0.00707. The van der Waals surface area contributed by atoms with Gasteiger partial charge in [0.1, 0.15) is 0 Å². The van der Waals surface area contributed by atoms with Crippen LogP contribution >= 0.6 is 15.9 Å². The molecule has 2 aromatic rings. The predicted octanol–water partition coefficient (Wildman–Crippen LogP) is 4.15. The van der Waals surface area contributed by atoms with Crippen molar-refractivity contribution in [2.75, 3.05) is 25.0 Å². The molecule has 0 saturated carbocycles. The summed E-state index contributed by atoms with van der Waals surface area (Å²) in [4.78, 5) is 26.1. The number of rotatable bonds is 8. The number of halogens is 2. The fourth-order valence-corrected chi connectivity index (χ4v) is 2.79. The van der Waals surface area contributed by atoms with Gasteiger partial charge >= 0.3 is 0 Å². The number of ether oxygens (including phenoxy) is 1. The zero-order valence-corrected chi connectivity index (χ0v) is 16.9. The first-order chi connectivity index (χ1) is 12.9. The molecule has 0 aromatic heterocycles. The van der Waals surface area contributed by atoms with Crippen LogP contribution in [0.4, 0.5) is 10.1 Å². The average molecular weight is 437 g/mol. The summed E-state index contributed by atoms with van der Waals surface area (Å²) in [7, 11) is 0. The molecule has 0 fully saturated rings. The highest BCUT2D eigenvalue weighted by molar-refractivity contribution is 9.10. The molecule has 2 aromatic carbocycles. The molecule has 7 heteroatoms. The van der Waals surface area contributed by atoms with Crippen molar-refractivity contribution in [2.24, 2.45) is 0 Å². The number of hydrogen-bond acceptors (Lipinski definition) is 3. The largest absolute Gasteiger partial charge is 0.481 e. The second-order valence-corrected chi connectivity index (χ2v) is 6.96. The molecule has 0 atom stereocenters. The van der Waals surface area contributed by atoms with Gasteiger partial charge in [-0.3, -0.25) is 9.59 Å². The number of hydrogen-bond donors (Lipinski definition) is 1. The Balaban J connectivity index is 1.95. The summed E-state index contributed by atoms with van der Waals surface area (Å²) in [5, 5.41) is 2.80. The van der Waals surface area contributed by atoms with Crippen LogP contribution in [0.15, 0.2) is 46.9 Å². The highest BCUT2D eigenvalue weighted by atomic mass is 79.9. The maximum Gasteiger partial charge on any atom is 0.260 e. The van der Waals surface area contributed by atoms with E-state index < -0.39 is 5.82 Å². The van der Waals surface area contributed by atoms with E-state index in [1.165, 1.54) is 17.0 Å². The first-order valence-electron chi connectivity index (χ1n) is 8.61. The zero-order valence-electron chi connectivity index (χ0n) is 15.3. The van der Waals surface area contributed by atoms with Gasteiger partial charge in [0.05, 0.1) is 6.54 Å². The number of para-hydroxylation sites is 1. The fraction of sp³-hybridized carbons (Fsp3) is 0.300. The lowest BCUT2D eigenvalue weighted by Crippen LogP contribution is -2.41. The van der Waals surface area contributed by atoms with Crippen molar-refractivity contribution < 1.29 is 18.7 Å². The van der Waals surface area contributed by atoms with Gasteiger partial charge < -0.3 is 15.0 Å². The summed E-state index contributed by atoms with van der Waals surface area (Å²) >= 11 is 3.16. The third-order valence-electron chi connectivity index (χ3n) is 3.84. The van der Waals surface area contributed by atoms with Gasteiger partial charge in [-0.1, -0.05) is 41.1 Å². The Morgan fingerprint density at radius 1 is 1.22 bits per heavy atom. The van der Waals surface area contributed by atoms with Crippen molar-refractivity contribution in [2.45, 2.75) is 20.3 Å². The molecule has 0 radical (unpaired) electrons. The Morgan fingerprint density at radius 3 is 2.63 bits per heavy atom. The molecule has 2 amide bonds. The number of amides is 2. The second-order valence-electron chi connectivity index (χ2n) is 6.04. The first-order valence-corrected chi connectivity index (χ1v) is 9.41. The van der Waals surface area contributed by atoms with Crippen LogP contribution in [0.25, 0.3) is 0 Å². The molecule has 0 heterocycles. The molecule has 1 N–H and O–H groups in total. The number of benzene rings is 2. The molecule has 5 nitrogen and oxygen atoms in total. The van der Waals surface area contributed by atoms with Gasteiger partial charge in [0.2, 0.25) is 5.91 Å². The molecule has 0 unspecified atom stereocenters. The molecule has 0 aliphatic rings. The van der Waals surface area contributed by atoms with Crippen molar-refractivity contribution in [3.05, 3.63) is 58.3 Å². The van der Waals surface area contributed by atoms with Crippen LogP contribution in [0.5, 0.6) is 5.75 Å². The molecule has 0 bridgehead atoms. The molecular formula is C20H22BrFN2O3. The van der Waals surface area contributed by atoms with Crippen molar-refractivity contribution in [3.8, 4) is 5.75 Å². The van der Waals surface area contributed by atoms with E-state index in [1.54, 1.807) is 12.1 Å². The third kappa shape index (κ3) is 6.36. The Kier molecular flexibility index (Phi) is 7.79. The molecule has 27 heavy (non-hydrogen) atoms. The fourth-order valence-electron chi connectivity index (χ4n) is 2.46.